The fourth-order valence-electron chi connectivity index (χ4n) is 2.96. The van der Waals surface area contributed by atoms with Crippen molar-refractivity contribution in [1.82, 2.24) is 18.2 Å². The van der Waals surface area contributed by atoms with Gasteiger partial charge >= 0.3 is 0 Å². The van der Waals surface area contributed by atoms with Gasteiger partial charge in [0.1, 0.15) is 16.6 Å². The molecule has 0 spiro atoms. The third kappa shape index (κ3) is 4.24. The molecular weight excluding hydrogens is 360 g/mol. The first-order chi connectivity index (χ1) is 12.9. The Bertz CT molecular complexity index is 1020. The summed E-state index contributed by atoms with van der Waals surface area (Å²) in [5, 5.41) is 0. The smallest absolute Gasteiger partial charge is 0.263 e. The number of amides is 1. The van der Waals surface area contributed by atoms with E-state index >= 15 is 0 Å². The van der Waals surface area contributed by atoms with Crippen LogP contribution in [0.4, 0.5) is 0 Å². The molecule has 0 fully saturated rings. The molecule has 142 valence electrons. The summed E-state index contributed by atoms with van der Waals surface area (Å²) in [5.74, 6) is 0.239. The van der Waals surface area contributed by atoms with Gasteiger partial charge in [0, 0.05) is 26.3 Å². The van der Waals surface area contributed by atoms with Crippen molar-refractivity contribution in [1.29, 1.82) is 0 Å². The van der Waals surface area contributed by atoms with Crippen LogP contribution in [-0.4, -0.2) is 31.2 Å². The van der Waals surface area contributed by atoms with E-state index in [1.165, 1.54) is 11.7 Å². The number of hydrogen-bond acceptors (Lipinski definition) is 5. The average Bonchev–Trinajstić information content (AvgIpc) is 3.08. The molecule has 0 radical (unpaired) electrons. The van der Waals surface area contributed by atoms with Gasteiger partial charge in [0.15, 0.2) is 0 Å². The highest BCUT2D eigenvalue weighted by molar-refractivity contribution is 7.00. The van der Waals surface area contributed by atoms with E-state index in [2.05, 4.69) is 22.6 Å². The predicted octanol–water partition coefficient (Wildman–Crippen LogP) is 3.48. The maximum Gasteiger partial charge on any atom is 0.263 e. The van der Waals surface area contributed by atoms with Gasteiger partial charge in [-0.1, -0.05) is 19.9 Å². The molecule has 2 heterocycles. The SMILES string of the molecule is Cc1ccn(CCC(C)C)c(=O)c1C(=O)N(C)Cc1ccc2nsnc2c1. The van der Waals surface area contributed by atoms with Crippen LogP contribution in [0, 0.1) is 12.8 Å². The molecule has 1 amide bonds. The standard InChI is InChI=1S/C20H24N4O2S/c1-13(2)7-9-24-10-8-14(3)18(20(24)26)19(25)23(4)12-15-5-6-16-17(11-15)22-27-21-16/h5-6,8,10-11,13H,7,9,12H2,1-4H3. The highest BCUT2D eigenvalue weighted by Crippen LogP contribution is 2.16. The number of rotatable bonds is 6. The molecule has 0 saturated carbocycles. The van der Waals surface area contributed by atoms with E-state index in [9.17, 15) is 9.59 Å². The van der Waals surface area contributed by atoms with Crippen molar-refractivity contribution in [3.05, 3.63) is 57.5 Å². The summed E-state index contributed by atoms with van der Waals surface area (Å²) in [4.78, 5) is 27.4. The van der Waals surface area contributed by atoms with Gasteiger partial charge in [0.05, 0.1) is 11.7 Å². The Kier molecular flexibility index (Phi) is 5.70. The lowest BCUT2D eigenvalue weighted by atomic mass is 10.1. The molecule has 0 atom stereocenters. The maximum absolute atomic E-state index is 13.0. The van der Waals surface area contributed by atoms with E-state index in [1.807, 2.05) is 31.2 Å². The zero-order valence-corrected chi connectivity index (χ0v) is 16.9. The monoisotopic (exact) mass is 384 g/mol. The summed E-state index contributed by atoms with van der Waals surface area (Å²) in [5.41, 5.74) is 3.37. The van der Waals surface area contributed by atoms with Crippen LogP contribution in [0.2, 0.25) is 0 Å². The Morgan fingerprint density at radius 1 is 1.22 bits per heavy atom. The minimum atomic E-state index is -0.257. The van der Waals surface area contributed by atoms with Crippen LogP contribution in [0.3, 0.4) is 0 Å². The van der Waals surface area contributed by atoms with Crippen molar-refractivity contribution in [3.8, 4) is 0 Å². The first-order valence-corrected chi connectivity index (χ1v) is 9.76. The summed E-state index contributed by atoms with van der Waals surface area (Å²) in [6.45, 7) is 7.07. The van der Waals surface area contributed by atoms with Crippen LogP contribution < -0.4 is 5.56 Å². The first-order valence-electron chi connectivity index (χ1n) is 9.03. The molecule has 2 aromatic heterocycles. The maximum atomic E-state index is 13.0. The number of pyridine rings is 1. The Morgan fingerprint density at radius 3 is 2.70 bits per heavy atom. The Morgan fingerprint density at radius 2 is 1.96 bits per heavy atom. The van der Waals surface area contributed by atoms with E-state index in [1.54, 1.807) is 22.7 Å². The minimum Gasteiger partial charge on any atom is -0.337 e. The number of nitrogens with zero attached hydrogens (tertiary/aromatic N) is 4. The number of benzene rings is 1. The number of aryl methyl sites for hydroxylation is 2. The second-order valence-electron chi connectivity index (χ2n) is 7.30. The molecule has 0 unspecified atom stereocenters. The third-order valence-electron chi connectivity index (χ3n) is 4.62. The number of hydrogen-bond donors (Lipinski definition) is 0. The quantitative estimate of drug-likeness (QED) is 0.652. The normalized spacial score (nSPS) is 11.3. The van der Waals surface area contributed by atoms with Crippen molar-refractivity contribution in [2.75, 3.05) is 7.05 Å². The Balaban J connectivity index is 1.83. The van der Waals surface area contributed by atoms with Gasteiger partial charge in [-0.05, 0) is 48.6 Å². The highest BCUT2D eigenvalue weighted by Gasteiger charge is 2.20. The van der Waals surface area contributed by atoms with Gasteiger partial charge in [-0.2, -0.15) is 8.75 Å². The molecule has 0 aliphatic rings. The highest BCUT2D eigenvalue weighted by atomic mass is 32.1. The summed E-state index contributed by atoms with van der Waals surface area (Å²) in [6.07, 6.45) is 2.67. The fraction of sp³-hybridized carbons (Fsp3) is 0.400. The van der Waals surface area contributed by atoms with Crippen molar-refractivity contribution >= 4 is 28.7 Å². The van der Waals surface area contributed by atoms with Gasteiger partial charge in [-0.3, -0.25) is 9.59 Å². The molecule has 0 saturated heterocycles. The summed E-state index contributed by atoms with van der Waals surface area (Å²) >= 11 is 1.17. The molecule has 7 heteroatoms. The molecule has 0 aliphatic heterocycles. The van der Waals surface area contributed by atoms with E-state index in [0.29, 0.717) is 24.6 Å². The van der Waals surface area contributed by atoms with Gasteiger partial charge in [0.25, 0.3) is 11.5 Å². The van der Waals surface area contributed by atoms with Crippen LogP contribution in [-0.2, 0) is 13.1 Å². The number of aromatic nitrogens is 3. The van der Waals surface area contributed by atoms with Gasteiger partial charge < -0.3 is 9.47 Å². The lowest BCUT2D eigenvalue weighted by Crippen LogP contribution is -2.35. The Labute approximate surface area is 162 Å². The lowest BCUT2D eigenvalue weighted by molar-refractivity contribution is 0.0782. The van der Waals surface area contributed by atoms with E-state index in [-0.39, 0.29) is 17.0 Å². The lowest BCUT2D eigenvalue weighted by Gasteiger charge is -2.19. The molecule has 6 nitrogen and oxygen atoms in total. The van der Waals surface area contributed by atoms with Crippen molar-refractivity contribution in [2.45, 2.75) is 40.3 Å². The van der Waals surface area contributed by atoms with E-state index < -0.39 is 0 Å². The first kappa shape index (κ1) is 19.2. The zero-order chi connectivity index (χ0) is 19.6. The molecule has 0 bridgehead atoms. The van der Waals surface area contributed by atoms with Gasteiger partial charge in [0.2, 0.25) is 0 Å². The average molecular weight is 385 g/mol. The van der Waals surface area contributed by atoms with Crippen LogP contribution in [0.25, 0.3) is 11.0 Å². The second kappa shape index (κ2) is 8.00. The van der Waals surface area contributed by atoms with Crippen LogP contribution in [0.1, 0.15) is 41.8 Å². The van der Waals surface area contributed by atoms with Crippen molar-refractivity contribution < 1.29 is 4.79 Å². The molecule has 0 aliphatic carbocycles. The van der Waals surface area contributed by atoms with E-state index in [4.69, 9.17) is 0 Å². The van der Waals surface area contributed by atoms with Crippen LogP contribution in [0.15, 0.2) is 35.3 Å². The molecule has 3 aromatic rings. The fourth-order valence-corrected chi connectivity index (χ4v) is 3.48. The van der Waals surface area contributed by atoms with E-state index in [0.717, 1.165) is 23.0 Å². The second-order valence-corrected chi connectivity index (χ2v) is 7.83. The molecule has 0 N–H and O–H groups in total. The van der Waals surface area contributed by atoms with Crippen molar-refractivity contribution in [3.63, 3.8) is 0 Å². The van der Waals surface area contributed by atoms with Gasteiger partial charge in [-0.15, -0.1) is 0 Å². The molecule has 1 aromatic carbocycles. The molecule has 27 heavy (non-hydrogen) atoms. The summed E-state index contributed by atoms with van der Waals surface area (Å²) in [7, 11) is 1.72. The van der Waals surface area contributed by atoms with Gasteiger partial charge in [-0.25, -0.2) is 0 Å². The molecular formula is C20H24N4O2S. The summed E-state index contributed by atoms with van der Waals surface area (Å²) in [6, 6.07) is 7.61. The Hall–Kier alpha value is -2.54. The van der Waals surface area contributed by atoms with Crippen molar-refractivity contribution in [2.24, 2.45) is 5.92 Å². The number of carbonyl (C=O) groups is 1. The van der Waals surface area contributed by atoms with Crippen LogP contribution >= 0.6 is 11.7 Å². The predicted molar refractivity (Wildman–Crippen MR) is 108 cm³/mol. The number of carbonyl (C=O) groups excluding carboxylic acids is 1. The largest absolute Gasteiger partial charge is 0.337 e. The molecule has 3 rings (SSSR count). The topological polar surface area (TPSA) is 68.1 Å². The number of fused-ring (bicyclic) bond motifs is 1. The minimum absolute atomic E-state index is 0.216. The third-order valence-corrected chi connectivity index (χ3v) is 5.18. The summed E-state index contributed by atoms with van der Waals surface area (Å²) < 4.78 is 10.1. The van der Waals surface area contributed by atoms with Crippen LogP contribution in [0.5, 0.6) is 0 Å². The zero-order valence-electron chi connectivity index (χ0n) is 16.1.